The molecule has 3 aromatic rings. The number of fused-ring (bicyclic) bond motifs is 1. The first kappa shape index (κ1) is 19.7. The zero-order valence-electron chi connectivity index (χ0n) is 16.7. The van der Waals surface area contributed by atoms with Crippen LogP contribution in [0, 0.1) is 0 Å². The second-order valence-electron chi connectivity index (χ2n) is 7.37. The minimum atomic E-state index is -0.448. The van der Waals surface area contributed by atoms with Gasteiger partial charge in [-0.15, -0.1) is 0 Å². The van der Waals surface area contributed by atoms with E-state index in [-0.39, 0.29) is 29.6 Å². The molecule has 4 rings (SSSR count). The summed E-state index contributed by atoms with van der Waals surface area (Å²) >= 11 is 0. The quantitative estimate of drug-likeness (QED) is 0.601. The van der Waals surface area contributed by atoms with Crippen LogP contribution in [0.15, 0.2) is 32.4 Å². The summed E-state index contributed by atoms with van der Waals surface area (Å²) in [6, 6.07) is 3.12. The number of aromatic amines is 1. The van der Waals surface area contributed by atoms with Crippen LogP contribution < -0.4 is 16.6 Å². The number of amides is 2. The smallest absolute Gasteiger partial charge is 0.332 e. The lowest BCUT2D eigenvalue weighted by Gasteiger charge is -2.31. The van der Waals surface area contributed by atoms with Crippen LogP contribution >= 0.6 is 0 Å². The summed E-state index contributed by atoms with van der Waals surface area (Å²) < 4.78 is 7.37. The summed E-state index contributed by atoms with van der Waals surface area (Å²) in [7, 11) is 2.98. The molecule has 11 heteroatoms. The van der Waals surface area contributed by atoms with Crippen molar-refractivity contribution in [1.29, 1.82) is 0 Å². The minimum Gasteiger partial charge on any atom is -0.459 e. The van der Waals surface area contributed by atoms with Gasteiger partial charge in [-0.3, -0.25) is 23.5 Å². The predicted molar refractivity (Wildman–Crippen MR) is 106 cm³/mol. The van der Waals surface area contributed by atoms with Gasteiger partial charge in [0.05, 0.1) is 12.8 Å². The molecule has 158 valence electrons. The van der Waals surface area contributed by atoms with E-state index in [2.05, 4.69) is 15.3 Å². The highest BCUT2D eigenvalue weighted by atomic mass is 16.3. The van der Waals surface area contributed by atoms with Crippen molar-refractivity contribution < 1.29 is 14.0 Å². The summed E-state index contributed by atoms with van der Waals surface area (Å²) in [6.07, 6.45) is 2.94. The van der Waals surface area contributed by atoms with Gasteiger partial charge >= 0.3 is 5.69 Å². The SMILES string of the molecule is Cn1c(=O)c2[nH]c(C3CCCN(C(=O)CNC(=O)c4ccco4)C3)nc2n(C)c1=O. The molecule has 1 atom stereocenters. The lowest BCUT2D eigenvalue weighted by Crippen LogP contribution is -2.44. The molecule has 0 aliphatic carbocycles. The number of imidazole rings is 1. The average molecular weight is 414 g/mol. The van der Waals surface area contributed by atoms with E-state index < -0.39 is 17.2 Å². The van der Waals surface area contributed by atoms with Crippen LogP contribution in [0.3, 0.4) is 0 Å². The Labute approximate surface area is 170 Å². The maximum absolute atomic E-state index is 12.6. The molecule has 1 unspecified atom stereocenters. The van der Waals surface area contributed by atoms with Gasteiger partial charge in [0.1, 0.15) is 11.3 Å². The number of carbonyl (C=O) groups excluding carboxylic acids is 2. The number of aromatic nitrogens is 4. The molecule has 1 fully saturated rings. The van der Waals surface area contributed by atoms with Gasteiger partial charge in [0.2, 0.25) is 5.91 Å². The Bertz CT molecular complexity index is 1220. The van der Waals surface area contributed by atoms with Crippen LogP contribution in [0.4, 0.5) is 0 Å². The van der Waals surface area contributed by atoms with Crippen molar-refractivity contribution in [3.05, 3.63) is 50.8 Å². The molecule has 4 heterocycles. The molecular formula is C19H22N6O5. The van der Waals surface area contributed by atoms with Gasteiger partial charge in [0.25, 0.3) is 11.5 Å². The van der Waals surface area contributed by atoms with E-state index in [1.54, 1.807) is 18.0 Å². The summed E-state index contributed by atoms with van der Waals surface area (Å²) in [5.74, 6) is -0.0418. The molecule has 2 N–H and O–H groups in total. The number of nitrogens with zero attached hydrogens (tertiary/aromatic N) is 4. The van der Waals surface area contributed by atoms with Crippen molar-refractivity contribution in [2.75, 3.05) is 19.6 Å². The number of furan rings is 1. The Hall–Kier alpha value is -3.63. The van der Waals surface area contributed by atoms with Crippen molar-refractivity contribution in [1.82, 2.24) is 29.3 Å². The first-order valence-electron chi connectivity index (χ1n) is 9.62. The molecule has 1 saturated heterocycles. The minimum absolute atomic E-state index is 0.101. The van der Waals surface area contributed by atoms with Gasteiger partial charge in [-0.05, 0) is 25.0 Å². The van der Waals surface area contributed by atoms with Crippen LogP contribution in [-0.2, 0) is 18.9 Å². The van der Waals surface area contributed by atoms with E-state index in [1.807, 2.05) is 0 Å². The third kappa shape index (κ3) is 3.42. The van der Waals surface area contributed by atoms with Crippen LogP contribution in [0.25, 0.3) is 11.2 Å². The normalized spacial score (nSPS) is 16.7. The van der Waals surface area contributed by atoms with E-state index in [0.717, 1.165) is 17.4 Å². The van der Waals surface area contributed by atoms with Crippen molar-refractivity contribution in [3.63, 3.8) is 0 Å². The van der Waals surface area contributed by atoms with E-state index in [1.165, 1.54) is 23.9 Å². The van der Waals surface area contributed by atoms with Gasteiger partial charge < -0.3 is 19.6 Å². The van der Waals surface area contributed by atoms with Gasteiger partial charge in [0, 0.05) is 33.1 Å². The number of likely N-dealkylation sites (tertiary alicyclic amines) is 1. The second-order valence-corrected chi connectivity index (χ2v) is 7.37. The number of rotatable bonds is 4. The Morgan fingerprint density at radius 3 is 2.83 bits per heavy atom. The lowest BCUT2D eigenvalue weighted by molar-refractivity contribution is -0.131. The van der Waals surface area contributed by atoms with Crippen molar-refractivity contribution in [2.45, 2.75) is 18.8 Å². The highest BCUT2D eigenvalue weighted by molar-refractivity contribution is 5.94. The van der Waals surface area contributed by atoms with Gasteiger partial charge in [-0.25, -0.2) is 9.78 Å². The summed E-state index contributed by atoms with van der Waals surface area (Å²) in [5, 5.41) is 2.56. The molecule has 3 aromatic heterocycles. The predicted octanol–water partition coefficient (Wildman–Crippen LogP) is -0.311. The molecule has 0 radical (unpaired) electrons. The zero-order chi connectivity index (χ0) is 21.4. The lowest BCUT2D eigenvalue weighted by atomic mass is 9.97. The second kappa shape index (κ2) is 7.65. The summed E-state index contributed by atoms with van der Waals surface area (Å²) in [6.45, 7) is 0.845. The maximum Gasteiger partial charge on any atom is 0.332 e. The molecule has 0 aromatic carbocycles. The van der Waals surface area contributed by atoms with Gasteiger partial charge in [0.15, 0.2) is 11.4 Å². The number of aryl methyl sites for hydroxylation is 1. The third-order valence-electron chi connectivity index (χ3n) is 5.42. The van der Waals surface area contributed by atoms with Crippen molar-refractivity contribution in [2.24, 2.45) is 14.1 Å². The molecule has 11 nitrogen and oxygen atoms in total. The highest BCUT2D eigenvalue weighted by Crippen LogP contribution is 2.25. The first-order chi connectivity index (χ1) is 14.4. The molecule has 30 heavy (non-hydrogen) atoms. The number of hydrogen-bond donors (Lipinski definition) is 2. The number of nitrogens with one attached hydrogen (secondary N) is 2. The topological polar surface area (TPSA) is 135 Å². The van der Waals surface area contributed by atoms with Crippen LogP contribution in [0.2, 0.25) is 0 Å². The molecular weight excluding hydrogens is 392 g/mol. The number of hydrogen-bond acceptors (Lipinski definition) is 6. The molecule has 0 spiro atoms. The van der Waals surface area contributed by atoms with Crippen molar-refractivity contribution >= 4 is 23.0 Å². The molecule has 0 saturated carbocycles. The van der Waals surface area contributed by atoms with E-state index in [4.69, 9.17) is 4.42 Å². The van der Waals surface area contributed by atoms with Gasteiger partial charge in [-0.1, -0.05) is 0 Å². The standard InChI is InChI=1S/C19H22N6O5/c1-23-16-14(18(28)24(2)19(23)29)21-15(22-16)11-5-3-7-25(10-11)13(26)9-20-17(27)12-6-4-8-30-12/h4,6,8,11H,3,5,7,9-10H2,1-2H3,(H,20,27)(H,21,22). The molecule has 1 aliphatic heterocycles. The Balaban J connectivity index is 1.49. The molecule has 2 amide bonds. The monoisotopic (exact) mass is 414 g/mol. The first-order valence-corrected chi connectivity index (χ1v) is 9.62. The van der Waals surface area contributed by atoms with E-state index >= 15 is 0 Å². The zero-order valence-corrected chi connectivity index (χ0v) is 16.7. The fourth-order valence-electron chi connectivity index (χ4n) is 3.73. The van der Waals surface area contributed by atoms with Crippen molar-refractivity contribution in [3.8, 4) is 0 Å². The number of piperidine rings is 1. The third-order valence-corrected chi connectivity index (χ3v) is 5.42. The van der Waals surface area contributed by atoms with Crippen LogP contribution in [0.1, 0.15) is 35.1 Å². The van der Waals surface area contributed by atoms with E-state index in [0.29, 0.717) is 24.6 Å². The number of carbonyl (C=O) groups is 2. The Kier molecular flexibility index (Phi) is 5.02. The fraction of sp³-hybridized carbons (Fsp3) is 0.421. The van der Waals surface area contributed by atoms with Crippen LogP contribution in [0.5, 0.6) is 0 Å². The summed E-state index contributed by atoms with van der Waals surface area (Å²) in [4.78, 5) is 58.2. The fourth-order valence-corrected chi connectivity index (χ4v) is 3.73. The number of H-pyrrole nitrogens is 1. The Morgan fingerprint density at radius 1 is 1.30 bits per heavy atom. The maximum atomic E-state index is 12.6. The molecule has 1 aliphatic rings. The largest absolute Gasteiger partial charge is 0.459 e. The Morgan fingerprint density at radius 2 is 2.10 bits per heavy atom. The van der Waals surface area contributed by atoms with Gasteiger partial charge in [-0.2, -0.15) is 0 Å². The van der Waals surface area contributed by atoms with E-state index in [9.17, 15) is 19.2 Å². The highest BCUT2D eigenvalue weighted by Gasteiger charge is 2.28. The average Bonchev–Trinajstić information content (AvgIpc) is 3.45. The molecule has 0 bridgehead atoms. The summed E-state index contributed by atoms with van der Waals surface area (Å²) in [5.41, 5.74) is -0.314. The van der Waals surface area contributed by atoms with Crippen LogP contribution in [-0.4, -0.2) is 55.5 Å².